The van der Waals surface area contributed by atoms with Gasteiger partial charge in [-0.2, -0.15) is 0 Å². The molecule has 1 aliphatic heterocycles. The van der Waals surface area contributed by atoms with Crippen LogP contribution in [0.25, 0.3) is 10.9 Å². The molecule has 8 heteroatoms. The molecule has 1 amide bonds. The summed E-state index contributed by atoms with van der Waals surface area (Å²) in [5.41, 5.74) is 8.06. The molecule has 0 radical (unpaired) electrons. The maximum absolute atomic E-state index is 12.1. The van der Waals surface area contributed by atoms with E-state index in [0.717, 1.165) is 34.4 Å². The van der Waals surface area contributed by atoms with Crippen LogP contribution in [0.2, 0.25) is 0 Å². The molecule has 32 heavy (non-hydrogen) atoms. The van der Waals surface area contributed by atoms with Crippen LogP contribution in [0.4, 0.5) is 0 Å². The zero-order chi connectivity index (χ0) is 22.5. The van der Waals surface area contributed by atoms with Gasteiger partial charge in [0, 0.05) is 43.4 Å². The van der Waals surface area contributed by atoms with Crippen LogP contribution >= 0.6 is 0 Å². The van der Waals surface area contributed by atoms with E-state index in [4.69, 9.17) is 25.1 Å². The summed E-state index contributed by atoms with van der Waals surface area (Å²) in [5.74, 6) is 1.74. The predicted octanol–water partition coefficient (Wildman–Crippen LogP) is 2.45. The molecule has 0 unspecified atom stereocenters. The van der Waals surface area contributed by atoms with Crippen molar-refractivity contribution in [1.82, 2.24) is 9.88 Å². The van der Waals surface area contributed by atoms with Gasteiger partial charge < -0.3 is 34.9 Å². The van der Waals surface area contributed by atoms with Crippen LogP contribution in [0.3, 0.4) is 0 Å². The molecule has 4 N–H and O–H groups in total. The van der Waals surface area contributed by atoms with Gasteiger partial charge in [-0.25, -0.2) is 0 Å². The molecular formula is C24H29N3O5. The molecular weight excluding hydrogens is 410 g/mol. The number of rotatable bonds is 11. The SMILES string of the molecule is C[C@H](Cc1cc(C(N)=O)c2c(ccn2CCCO)c1)NCCOc1ccc2c(c1)OCO2. The van der Waals surface area contributed by atoms with Crippen molar-refractivity contribution in [3.8, 4) is 17.2 Å². The smallest absolute Gasteiger partial charge is 0.250 e. The fourth-order valence-electron chi connectivity index (χ4n) is 4.01. The standard InChI is InChI=1S/C24H29N3O5/c1-16(26-6-10-30-19-3-4-21-22(14-19)32-15-31-21)11-17-12-18-5-8-27(7-2-9-28)23(18)20(13-17)24(25)29/h3-5,8,12-14,16,26,28H,2,6-7,9-11,15H2,1H3,(H2,25,29)/t16-/m1/s1. The van der Waals surface area contributed by atoms with Crippen molar-refractivity contribution in [2.75, 3.05) is 26.6 Å². The lowest BCUT2D eigenvalue weighted by molar-refractivity contribution is 0.100. The third-order valence-corrected chi connectivity index (χ3v) is 5.49. The number of aromatic nitrogens is 1. The first-order valence-electron chi connectivity index (χ1n) is 10.8. The summed E-state index contributed by atoms with van der Waals surface area (Å²) >= 11 is 0. The number of primary amides is 1. The van der Waals surface area contributed by atoms with Gasteiger partial charge in [0.1, 0.15) is 12.4 Å². The van der Waals surface area contributed by atoms with Crippen molar-refractivity contribution in [3.05, 3.63) is 53.7 Å². The normalized spacial score (nSPS) is 13.4. The number of amides is 1. The molecule has 0 spiro atoms. The number of aliphatic hydroxyl groups is 1. The van der Waals surface area contributed by atoms with Crippen molar-refractivity contribution >= 4 is 16.8 Å². The van der Waals surface area contributed by atoms with E-state index in [0.29, 0.717) is 37.4 Å². The summed E-state index contributed by atoms with van der Waals surface area (Å²) in [4.78, 5) is 12.1. The van der Waals surface area contributed by atoms with Gasteiger partial charge in [0.15, 0.2) is 11.5 Å². The molecule has 0 fully saturated rings. The monoisotopic (exact) mass is 439 g/mol. The van der Waals surface area contributed by atoms with Crippen LogP contribution in [0.5, 0.6) is 17.2 Å². The Hall–Kier alpha value is -3.23. The summed E-state index contributed by atoms with van der Waals surface area (Å²) in [5, 5.41) is 13.6. The van der Waals surface area contributed by atoms with E-state index in [1.165, 1.54) is 0 Å². The van der Waals surface area contributed by atoms with Crippen molar-refractivity contribution in [2.45, 2.75) is 32.4 Å². The summed E-state index contributed by atoms with van der Waals surface area (Å²) in [6, 6.07) is 11.7. The van der Waals surface area contributed by atoms with Gasteiger partial charge in [-0.1, -0.05) is 0 Å². The summed E-state index contributed by atoms with van der Waals surface area (Å²) in [6.45, 7) is 4.28. The lowest BCUT2D eigenvalue weighted by Gasteiger charge is -2.16. The number of hydrogen-bond acceptors (Lipinski definition) is 6. The van der Waals surface area contributed by atoms with Crippen LogP contribution in [0.1, 0.15) is 29.3 Å². The average Bonchev–Trinajstić information content (AvgIpc) is 3.41. The number of benzene rings is 2. The van der Waals surface area contributed by atoms with E-state index in [1.54, 1.807) is 0 Å². The Morgan fingerprint density at radius 3 is 2.91 bits per heavy atom. The van der Waals surface area contributed by atoms with E-state index in [-0.39, 0.29) is 19.4 Å². The fraction of sp³-hybridized carbons (Fsp3) is 0.375. The van der Waals surface area contributed by atoms with Crippen molar-refractivity contribution in [1.29, 1.82) is 0 Å². The number of aryl methyl sites for hydroxylation is 1. The Balaban J connectivity index is 1.33. The number of carbonyl (C=O) groups is 1. The zero-order valence-corrected chi connectivity index (χ0v) is 18.2. The van der Waals surface area contributed by atoms with Crippen LogP contribution in [0.15, 0.2) is 42.6 Å². The second-order valence-corrected chi connectivity index (χ2v) is 7.95. The minimum atomic E-state index is -0.446. The topological polar surface area (TPSA) is 108 Å². The van der Waals surface area contributed by atoms with Gasteiger partial charge in [-0.3, -0.25) is 4.79 Å². The van der Waals surface area contributed by atoms with E-state index in [2.05, 4.69) is 18.3 Å². The first-order chi connectivity index (χ1) is 15.5. The fourth-order valence-corrected chi connectivity index (χ4v) is 4.01. The maximum Gasteiger partial charge on any atom is 0.250 e. The molecule has 1 atom stereocenters. The van der Waals surface area contributed by atoms with E-state index < -0.39 is 5.91 Å². The lowest BCUT2D eigenvalue weighted by Crippen LogP contribution is -2.32. The van der Waals surface area contributed by atoms with Crippen molar-refractivity contribution < 1.29 is 24.1 Å². The van der Waals surface area contributed by atoms with Gasteiger partial charge >= 0.3 is 0 Å². The first-order valence-corrected chi connectivity index (χ1v) is 10.8. The molecule has 3 aromatic rings. The number of nitrogens with two attached hydrogens (primary N) is 1. The largest absolute Gasteiger partial charge is 0.492 e. The quantitative estimate of drug-likeness (QED) is 0.396. The number of nitrogens with zero attached hydrogens (tertiary/aromatic N) is 1. The van der Waals surface area contributed by atoms with E-state index >= 15 is 0 Å². The summed E-state index contributed by atoms with van der Waals surface area (Å²) < 4.78 is 18.4. The minimum Gasteiger partial charge on any atom is -0.492 e. The van der Waals surface area contributed by atoms with E-state index in [1.807, 2.05) is 41.1 Å². The Labute approximate surface area is 186 Å². The van der Waals surface area contributed by atoms with Gasteiger partial charge in [0.2, 0.25) is 6.79 Å². The van der Waals surface area contributed by atoms with Crippen LogP contribution in [0, 0.1) is 0 Å². The number of hydrogen-bond donors (Lipinski definition) is 3. The second kappa shape index (κ2) is 9.93. The van der Waals surface area contributed by atoms with Gasteiger partial charge in [-0.15, -0.1) is 0 Å². The Bertz CT molecular complexity index is 1090. The second-order valence-electron chi connectivity index (χ2n) is 7.95. The van der Waals surface area contributed by atoms with Gasteiger partial charge in [-0.05, 0) is 55.7 Å². The lowest BCUT2D eigenvalue weighted by atomic mass is 10.0. The average molecular weight is 440 g/mol. The molecule has 2 aromatic carbocycles. The maximum atomic E-state index is 12.1. The number of nitrogens with one attached hydrogen (secondary N) is 1. The number of fused-ring (bicyclic) bond motifs is 2. The van der Waals surface area contributed by atoms with Gasteiger partial charge in [0.05, 0.1) is 11.1 Å². The predicted molar refractivity (Wildman–Crippen MR) is 121 cm³/mol. The Kier molecular flexibility index (Phi) is 6.82. The molecule has 0 saturated heterocycles. The Morgan fingerprint density at radius 1 is 1.25 bits per heavy atom. The molecule has 4 rings (SSSR count). The number of carbonyl (C=O) groups excluding carboxylic acids is 1. The highest BCUT2D eigenvalue weighted by Crippen LogP contribution is 2.35. The first kappa shape index (κ1) is 22.0. The summed E-state index contributed by atoms with van der Waals surface area (Å²) in [7, 11) is 0. The third-order valence-electron chi connectivity index (χ3n) is 5.49. The van der Waals surface area contributed by atoms with Crippen LogP contribution in [-0.2, 0) is 13.0 Å². The van der Waals surface area contributed by atoms with Gasteiger partial charge in [0.25, 0.3) is 5.91 Å². The minimum absolute atomic E-state index is 0.102. The van der Waals surface area contributed by atoms with Crippen LogP contribution in [-0.4, -0.2) is 48.2 Å². The number of ether oxygens (including phenoxy) is 3. The number of aliphatic hydroxyl groups excluding tert-OH is 1. The molecule has 170 valence electrons. The highest BCUT2D eigenvalue weighted by atomic mass is 16.7. The molecule has 1 aromatic heterocycles. The summed E-state index contributed by atoms with van der Waals surface area (Å²) in [6.07, 6.45) is 3.31. The van der Waals surface area contributed by atoms with Crippen LogP contribution < -0.4 is 25.3 Å². The van der Waals surface area contributed by atoms with Crippen molar-refractivity contribution in [3.63, 3.8) is 0 Å². The molecule has 0 bridgehead atoms. The molecule has 0 saturated carbocycles. The highest BCUT2D eigenvalue weighted by molar-refractivity contribution is 6.05. The highest BCUT2D eigenvalue weighted by Gasteiger charge is 2.15. The molecule has 1 aliphatic rings. The molecule has 0 aliphatic carbocycles. The molecule has 2 heterocycles. The van der Waals surface area contributed by atoms with E-state index in [9.17, 15) is 4.79 Å². The van der Waals surface area contributed by atoms with Crippen molar-refractivity contribution in [2.24, 2.45) is 5.73 Å². The molecule has 8 nitrogen and oxygen atoms in total. The Morgan fingerprint density at radius 2 is 2.09 bits per heavy atom. The third kappa shape index (κ3) is 4.98. The zero-order valence-electron chi connectivity index (χ0n) is 18.2.